The third-order valence-electron chi connectivity index (χ3n) is 17.4. The van der Waals surface area contributed by atoms with Crippen molar-refractivity contribution in [2.24, 2.45) is 67.8 Å². The van der Waals surface area contributed by atoms with Gasteiger partial charge in [-0.3, -0.25) is 4.79 Å². The number of hydrogen-bond acceptors (Lipinski definition) is 6. The maximum absolute atomic E-state index is 14.7. The van der Waals surface area contributed by atoms with Gasteiger partial charge in [0.25, 0.3) is 0 Å². The van der Waals surface area contributed by atoms with E-state index in [1.807, 2.05) is 11.6 Å². The lowest BCUT2D eigenvalue weighted by Gasteiger charge is -2.71. The average Bonchev–Trinajstić information content (AvgIpc) is 3.58. The van der Waals surface area contributed by atoms with Crippen molar-refractivity contribution in [2.45, 2.75) is 132 Å². The lowest BCUT2D eigenvalue weighted by atomic mass is 9.34. The molecule has 7 rings (SSSR count). The Morgan fingerprint density at radius 1 is 1.05 bits per heavy atom. The number of nitrogens with two attached hydrogens (primary N) is 1. The van der Waals surface area contributed by atoms with E-state index in [4.69, 9.17) is 20.3 Å². The lowest BCUT2D eigenvalue weighted by Crippen LogP contribution is -2.69. The average molecular weight is 765 g/mol. The number of rotatable bonds is 8. The molecule has 1 saturated heterocycles. The number of fused-ring (bicyclic) bond motifs is 3. The first-order valence-electron chi connectivity index (χ1n) is 20.7. The third-order valence-corrected chi connectivity index (χ3v) is 17.4. The molecule has 12 atom stereocenters. The van der Waals surface area contributed by atoms with Gasteiger partial charge in [0.1, 0.15) is 6.33 Å². The molecule has 55 heavy (non-hydrogen) atoms. The summed E-state index contributed by atoms with van der Waals surface area (Å²) in [6, 6.07) is 3.56. The van der Waals surface area contributed by atoms with Crippen LogP contribution in [0, 0.1) is 73.7 Å². The summed E-state index contributed by atoms with van der Waals surface area (Å²) in [6.07, 6.45) is 8.75. The molecule has 5 aliphatic rings. The van der Waals surface area contributed by atoms with E-state index in [1.165, 1.54) is 18.0 Å². The number of aromatic nitrogens is 3. The first-order chi connectivity index (χ1) is 25.5. The van der Waals surface area contributed by atoms with Gasteiger partial charge >= 0.3 is 5.97 Å². The molecule has 0 unspecified atom stereocenters. The molecule has 2 aromatic rings. The molecule has 3 N–H and O–H groups in total. The highest BCUT2D eigenvalue weighted by Gasteiger charge is 2.72. The molecule has 1 aromatic heterocycles. The van der Waals surface area contributed by atoms with Crippen LogP contribution in [0.2, 0.25) is 0 Å². The zero-order valence-corrected chi connectivity index (χ0v) is 35.1. The summed E-state index contributed by atoms with van der Waals surface area (Å²) in [6.45, 7) is 25.7. The van der Waals surface area contributed by atoms with Gasteiger partial charge in [-0.05, 0) is 109 Å². The van der Waals surface area contributed by atoms with Gasteiger partial charge in [0.2, 0.25) is 0 Å². The van der Waals surface area contributed by atoms with Gasteiger partial charge < -0.3 is 20.3 Å². The van der Waals surface area contributed by atoms with E-state index in [1.54, 1.807) is 6.07 Å². The zero-order chi connectivity index (χ0) is 40.3. The van der Waals surface area contributed by atoms with Crippen molar-refractivity contribution >= 4 is 5.97 Å². The standard InChI is InChI=1S/C45H66F2N4O4/c1-26(2)27(3)40(7)18-19-42(9)29-13-15-34-41(8)22-54-24-45(34,30(29)16-17-43(42,10)35(40)38(52)53)21-33(36(41)55-23-44(11,48)39(4,5)6)51-37(49-25-50-51)28-12-14-31(46)32(47)20-28/h12,14,16,20,25-27,29,33-36H,13,15,17-19,21-24,48H2,1-11H3,(H,52,53)/t27-,29+,33-,34+,35-,36+,40-,41-,42-,43+,44+,45+/m1/s1. The van der Waals surface area contributed by atoms with Crippen molar-refractivity contribution in [3.63, 3.8) is 0 Å². The summed E-state index contributed by atoms with van der Waals surface area (Å²) in [4.78, 5) is 18.2. The molecule has 3 saturated carbocycles. The Labute approximate surface area is 327 Å². The van der Waals surface area contributed by atoms with E-state index in [0.717, 1.165) is 31.7 Å². The third kappa shape index (κ3) is 5.75. The molecule has 0 radical (unpaired) electrons. The summed E-state index contributed by atoms with van der Waals surface area (Å²) in [5.74, 6) is -1.46. The highest BCUT2D eigenvalue weighted by atomic mass is 19.2. The maximum atomic E-state index is 14.7. The van der Waals surface area contributed by atoms with Crippen molar-refractivity contribution in [2.75, 3.05) is 19.8 Å². The number of carbonyl (C=O) groups is 1. The summed E-state index contributed by atoms with van der Waals surface area (Å²) in [7, 11) is 0. The number of aliphatic carboxylic acids is 1. The van der Waals surface area contributed by atoms with Crippen LogP contribution >= 0.6 is 0 Å². The van der Waals surface area contributed by atoms with Gasteiger partial charge in [-0.2, -0.15) is 5.10 Å². The smallest absolute Gasteiger partial charge is 0.307 e. The second-order valence-electron chi connectivity index (χ2n) is 21.2. The first kappa shape index (κ1) is 40.5. The number of hydrogen-bond donors (Lipinski definition) is 2. The molecular weight excluding hydrogens is 699 g/mol. The zero-order valence-electron chi connectivity index (χ0n) is 35.1. The van der Waals surface area contributed by atoms with Crippen LogP contribution < -0.4 is 5.73 Å². The number of ether oxygens (including phenoxy) is 2. The molecule has 1 aliphatic heterocycles. The Morgan fingerprint density at radius 3 is 2.40 bits per heavy atom. The van der Waals surface area contributed by atoms with Crippen molar-refractivity contribution < 1.29 is 28.2 Å². The Kier molecular flexibility index (Phi) is 9.70. The lowest BCUT2D eigenvalue weighted by molar-refractivity contribution is -0.253. The van der Waals surface area contributed by atoms with Crippen LogP contribution in [0.1, 0.15) is 121 Å². The molecule has 4 aliphatic carbocycles. The molecule has 0 spiro atoms. The summed E-state index contributed by atoms with van der Waals surface area (Å²) in [5.41, 5.74) is 6.16. The maximum Gasteiger partial charge on any atom is 0.307 e. The van der Waals surface area contributed by atoms with Crippen molar-refractivity contribution in [1.82, 2.24) is 14.8 Å². The fourth-order valence-electron chi connectivity index (χ4n) is 12.9. The number of carboxylic acids is 1. The van der Waals surface area contributed by atoms with Crippen LogP contribution in [0.5, 0.6) is 0 Å². The first-order valence-corrected chi connectivity index (χ1v) is 20.7. The minimum atomic E-state index is -0.937. The molecule has 1 aromatic carbocycles. The molecular formula is C45H66F2N4O4. The number of halogens is 2. The Balaban J connectivity index is 1.36. The normalized spacial score (nSPS) is 40.3. The predicted octanol–water partition coefficient (Wildman–Crippen LogP) is 9.50. The fourth-order valence-corrected chi connectivity index (χ4v) is 12.9. The fraction of sp³-hybridized carbons (Fsp3) is 0.756. The van der Waals surface area contributed by atoms with Gasteiger partial charge in [-0.25, -0.2) is 18.4 Å². The molecule has 0 amide bonds. The van der Waals surface area contributed by atoms with Gasteiger partial charge in [-0.1, -0.05) is 80.9 Å². The molecule has 4 fully saturated rings. The van der Waals surface area contributed by atoms with Crippen LogP contribution in [0.25, 0.3) is 11.4 Å². The topological polar surface area (TPSA) is 112 Å². The van der Waals surface area contributed by atoms with E-state index in [2.05, 4.69) is 80.3 Å². The quantitative estimate of drug-likeness (QED) is 0.258. The van der Waals surface area contributed by atoms with E-state index >= 15 is 0 Å². The van der Waals surface area contributed by atoms with Gasteiger partial charge in [0, 0.05) is 21.9 Å². The van der Waals surface area contributed by atoms with Crippen molar-refractivity contribution in [1.29, 1.82) is 0 Å². The van der Waals surface area contributed by atoms with Gasteiger partial charge in [-0.15, -0.1) is 0 Å². The highest BCUT2D eigenvalue weighted by Crippen LogP contribution is 2.75. The van der Waals surface area contributed by atoms with Crippen LogP contribution in [-0.4, -0.2) is 57.3 Å². The molecule has 10 heteroatoms. The Bertz CT molecular complexity index is 1850. The van der Waals surface area contributed by atoms with Gasteiger partial charge in [0.05, 0.1) is 37.9 Å². The monoisotopic (exact) mass is 765 g/mol. The van der Waals surface area contributed by atoms with Crippen molar-refractivity contribution in [3.05, 3.63) is 47.8 Å². The molecule has 8 nitrogen and oxygen atoms in total. The summed E-state index contributed by atoms with van der Waals surface area (Å²) < 4.78 is 44.7. The van der Waals surface area contributed by atoms with Crippen LogP contribution in [0.15, 0.2) is 36.2 Å². The van der Waals surface area contributed by atoms with E-state index in [-0.39, 0.29) is 51.6 Å². The highest BCUT2D eigenvalue weighted by molar-refractivity contribution is 5.73. The molecule has 2 heterocycles. The molecule has 304 valence electrons. The van der Waals surface area contributed by atoms with E-state index in [0.29, 0.717) is 50.0 Å². The number of carboxylic acid groups (broad SMARTS) is 1. The number of nitrogens with zero attached hydrogens (tertiary/aromatic N) is 3. The van der Waals surface area contributed by atoms with Crippen LogP contribution in [0.3, 0.4) is 0 Å². The second kappa shape index (κ2) is 13.2. The predicted molar refractivity (Wildman–Crippen MR) is 210 cm³/mol. The van der Waals surface area contributed by atoms with E-state index in [9.17, 15) is 18.7 Å². The Hall–Kier alpha value is -2.69. The summed E-state index contributed by atoms with van der Waals surface area (Å²) in [5, 5.41) is 16.0. The van der Waals surface area contributed by atoms with E-state index < -0.39 is 39.9 Å². The van der Waals surface area contributed by atoms with Crippen LogP contribution in [0.4, 0.5) is 8.78 Å². The van der Waals surface area contributed by atoms with Crippen LogP contribution in [-0.2, 0) is 14.3 Å². The molecule has 2 bridgehead atoms. The largest absolute Gasteiger partial charge is 0.481 e. The minimum Gasteiger partial charge on any atom is -0.481 e. The number of allylic oxidation sites excluding steroid dienone is 1. The second-order valence-corrected chi connectivity index (χ2v) is 21.2. The van der Waals surface area contributed by atoms with Crippen molar-refractivity contribution in [3.8, 4) is 11.4 Å². The SMILES string of the molecule is CC(C)[C@@H](C)[C@@]1(C)CC[C@]2(C)[C@H]3CC[C@@H]4[C@@]5(COC[C@@]4(C)[C@@H](OC[C@](C)(N)C(C)(C)C)[C@H](n4ncnc4-c4ccc(F)c(F)c4)C5)C3=CC[C@@]2(C)[C@@H]1C(=O)O. The van der Waals surface area contributed by atoms with Gasteiger partial charge in [0.15, 0.2) is 17.5 Å². The minimum absolute atomic E-state index is 0.196. The number of benzene rings is 1. The summed E-state index contributed by atoms with van der Waals surface area (Å²) >= 11 is 0. The Morgan fingerprint density at radius 2 is 1.76 bits per heavy atom.